The van der Waals surface area contributed by atoms with Crippen LogP contribution >= 0.6 is 11.6 Å². The van der Waals surface area contributed by atoms with E-state index in [1.54, 1.807) is 16.5 Å². The summed E-state index contributed by atoms with van der Waals surface area (Å²) in [4.78, 5) is 4.60. The molecule has 0 aliphatic rings. The Morgan fingerprint density at radius 3 is 2.57 bits per heavy atom. The van der Waals surface area contributed by atoms with Gasteiger partial charge in [-0.25, -0.2) is 4.98 Å². The summed E-state index contributed by atoms with van der Waals surface area (Å²) in [6.07, 6.45) is 1.91. The van der Waals surface area contributed by atoms with Gasteiger partial charge in [0.1, 0.15) is 5.15 Å². The third kappa shape index (κ3) is 1.94. The molecule has 2 N–H and O–H groups in total. The second kappa shape index (κ2) is 4.50. The van der Waals surface area contributed by atoms with Crippen LogP contribution in [0.2, 0.25) is 5.15 Å². The first-order valence-corrected chi connectivity index (χ1v) is 7.02. The summed E-state index contributed by atoms with van der Waals surface area (Å²) in [5.41, 5.74) is 9.18. The Kier molecular flexibility index (Phi) is 2.62. The lowest BCUT2D eigenvalue weighted by Crippen LogP contribution is -1.92. The van der Waals surface area contributed by atoms with E-state index in [-0.39, 0.29) is 0 Å². The monoisotopic (exact) mass is 293 g/mol. The average Bonchev–Trinajstić information content (AvgIpc) is 2.97. The second-order valence-electron chi connectivity index (χ2n) is 4.99. The molecule has 0 fully saturated rings. The van der Waals surface area contributed by atoms with E-state index in [1.807, 2.05) is 18.3 Å². The Hall–Kier alpha value is -2.52. The van der Waals surface area contributed by atoms with Crippen molar-refractivity contribution in [2.45, 2.75) is 0 Å². The minimum Gasteiger partial charge on any atom is -0.396 e. The number of halogens is 1. The average molecular weight is 294 g/mol. The maximum atomic E-state index is 6.19. The van der Waals surface area contributed by atoms with E-state index >= 15 is 0 Å². The van der Waals surface area contributed by atoms with Gasteiger partial charge in [-0.05, 0) is 29.0 Å². The number of anilines is 1. The third-order valence-electron chi connectivity index (χ3n) is 3.64. The first-order chi connectivity index (χ1) is 10.2. The zero-order valence-electron chi connectivity index (χ0n) is 11.1. The molecule has 2 aromatic carbocycles. The highest BCUT2D eigenvalue weighted by Gasteiger charge is 2.09. The fraction of sp³-hybridized carbons (Fsp3) is 0. The van der Waals surface area contributed by atoms with Crippen molar-refractivity contribution in [1.29, 1.82) is 0 Å². The molecule has 4 heteroatoms. The molecule has 0 aliphatic heterocycles. The predicted octanol–water partition coefficient (Wildman–Crippen LogP) is 4.39. The van der Waals surface area contributed by atoms with Crippen LogP contribution in [0.4, 0.5) is 5.69 Å². The van der Waals surface area contributed by atoms with E-state index in [0.29, 0.717) is 16.5 Å². The molecule has 0 atom stereocenters. The van der Waals surface area contributed by atoms with Crippen molar-refractivity contribution >= 4 is 33.7 Å². The van der Waals surface area contributed by atoms with Gasteiger partial charge in [0.2, 0.25) is 0 Å². The summed E-state index contributed by atoms with van der Waals surface area (Å²) >= 11 is 6.19. The van der Waals surface area contributed by atoms with Crippen molar-refractivity contribution in [2.75, 3.05) is 5.73 Å². The van der Waals surface area contributed by atoms with Crippen LogP contribution in [-0.2, 0) is 0 Å². The third-order valence-corrected chi connectivity index (χ3v) is 3.95. The fourth-order valence-corrected chi connectivity index (χ4v) is 2.74. The van der Waals surface area contributed by atoms with Crippen LogP contribution in [0.3, 0.4) is 0 Å². The lowest BCUT2D eigenvalue weighted by atomic mass is 10.1. The van der Waals surface area contributed by atoms with Gasteiger partial charge in [-0.3, -0.25) is 4.40 Å². The molecule has 0 bridgehead atoms. The summed E-state index contributed by atoms with van der Waals surface area (Å²) in [6, 6.07) is 18.1. The molecule has 0 aliphatic carbocycles. The number of aromatic nitrogens is 2. The quantitative estimate of drug-likeness (QED) is 0.529. The second-order valence-corrected chi connectivity index (χ2v) is 5.38. The first-order valence-electron chi connectivity index (χ1n) is 6.65. The number of fused-ring (bicyclic) bond motifs is 2. The zero-order valence-corrected chi connectivity index (χ0v) is 11.9. The highest BCUT2D eigenvalue weighted by molar-refractivity contribution is 6.30. The van der Waals surface area contributed by atoms with Crippen LogP contribution in [0.1, 0.15) is 0 Å². The first kappa shape index (κ1) is 12.2. The summed E-state index contributed by atoms with van der Waals surface area (Å²) in [6.45, 7) is 0. The Morgan fingerprint density at radius 1 is 0.952 bits per heavy atom. The van der Waals surface area contributed by atoms with Crippen molar-refractivity contribution in [3.8, 4) is 11.3 Å². The van der Waals surface area contributed by atoms with Crippen molar-refractivity contribution in [3.63, 3.8) is 0 Å². The Morgan fingerprint density at radius 2 is 1.76 bits per heavy atom. The van der Waals surface area contributed by atoms with Crippen LogP contribution in [0.25, 0.3) is 27.7 Å². The molecule has 21 heavy (non-hydrogen) atoms. The van der Waals surface area contributed by atoms with E-state index in [4.69, 9.17) is 17.3 Å². The van der Waals surface area contributed by atoms with Gasteiger partial charge in [-0.15, -0.1) is 0 Å². The predicted molar refractivity (Wildman–Crippen MR) is 87.6 cm³/mol. The highest BCUT2D eigenvalue weighted by atomic mass is 35.5. The zero-order chi connectivity index (χ0) is 14.4. The Labute approximate surface area is 126 Å². The van der Waals surface area contributed by atoms with Crippen LogP contribution in [0.5, 0.6) is 0 Å². The molecule has 4 aromatic rings. The summed E-state index contributed by atoms with van der Waals surface area (Å²) in [5, 5.41) is 2.99. The number of hydrogen-bond acceptors (Lipinski definition) is 2. The molecule has 0 amide bonds. The topological polar surface area (TPSA) is 43.3 Å². The van der Waals surface area contributed by atoms with Gasteiger partial charge in [0.25, 0.3) is 0 Å². The maximum Gasteiger partial charge on any atom is 0.161 e. The molecular formula is C17H12ClN3. The van der Waals surface area contributed by atoms with Crippen molar-refractivity contribution in [2.24, 2.45) is 0 Å². The molecule has 4 rings (SSSR count). The van der Waals surface area contributed by atoms with E-state index in [1.165, 1.54) is 10.8 Å². The van der Waals surface area contributed by atoms with Gasteiger partial charge in [0.05, 0.1) is 11.4 Å². The van der Waals surface area contributed by atoms with Crippen LogP contribution < -0.4 is 5.73 Å². The van der Waals surface area contributed by atoms with Gasteiger partial charge in [-0.1, -0.05) is 48.0 Å². The van der Waals surface area contributed by atoms with Crippen LogP contribution in [0, 0.1) is 0 Å². The summed E-state index contributed by atoms with van der Waals surface area (Å²) in [5.74, 6) is 0. The Balaban J connectivity index is 1.95. The minimum atomic E-state index is 0.596. The number of nitrogen functional groups attached to an aromatic ring is 1. The van der Waals surface area contributed by atoms with Crippen LogP contribution in [-0.4, -0.2) is 9.38 Å². The Bertz CT molecular complexity index is 933. The van der Waals surface area contributed by atoms with Crippen molar-refractivity contribution < 1.29 is 0 Å². The molecule has 0 saturated carbocycles. The maximum absolute atomic E-state index is 6.19. The van der Waals surface area contributed by atoms with E-state index < -0.39 is 0 Å². The van der Waals surface area contributed by atoms with Crippen molar-refractivity contribution in [3.05, 3.63) is 65.9 Å². The minimum absolute atomic E-state index is 0.596. The standard InChI is InChI=1S/C17H12ClN3/c18-16-8-7-14(19)17-20-15(10-21(16)17)13-6-5-11-3-1-2-4-12(11)9-13/h1-10H,19H2. The fourth-order valence-electron chi connectivity index (χ4n) is 2.55. The molecular weight excluding hydrogens is 282 g/mol. The molecule has 0 radical (unpaired) electrons. The van der Waals surface area contributed by atoms with Crippen LogP contribution in [0.15, 0.2) is 60.8 Å². The van der Waals surface area contributed by atoms with E-state index in [2.05, 4.69) is 35.3 Å². The number of pyridine rings is 1. The number of nitrogens with zero attached hydrogens (tertiary/aromatic N) is 2. The number of hydrogen-bond donors (Lipinski definition) is 1. The molecule has 0 spiro atoms. The molecule has 0 unspecified atom stereocenters. The number of benzene rings is 2. The van der Waals surface area contributed by atoms with Gasteiger partial charge in [0.15, 0.2) is 5.65 Å². The SMILES string of the molecule is Nc1ccc(Cl)n2cc(-c3ccc4ccccc4c3)nc12. The summed E-state index contributed by atoms with van der Waals surface area (Å²) < 4.78 is 1.81. The molecule has 2 heterocycles. The summed E-state index contributed by atoms with van der Waals surface area (Å²) in [7, 11) is 0. The van der Waals surface area contributed by atoms with Gasteiger partial charge in [-0.2, -0.15) is 0 Å². The number of imidazole rings is 1. The number of rotatable bonds is 1. The molecule has 0 saturated heterocycles. The van der Waals surface area contributed by atoms with Gasteiger partial charge in [0, 0.05) is 11.8 Å². The van der Waals surface area contributed by atoms with Gasteiger partial charge < -0.3 is 5.73 Å². The highest BCUT2D eigenvalue weighted by Crippen LogP contribution is 2.27. The lowest BCUT2D eigenvalue weighted by Gasteiger charge is -2.00. The number of nitrogens with two attached hydrogens (primary N) is 1. The van der Waals surface area contributed by atoms with Gasteiger partial charge >= 0.3 is 0 Å². The molecule has 3 nitrogen and oxygen atoms in total. The molecule has 2 aromatic heterocycles. The normalized spacial score (nSPS) is 11.3. The van der Waals surface area contributed by atoms with E-state index in [0.717, 1.165) is 11.3 Å². The van der Waals surface area contributed by atoms with E-state index in [9.17, 15) is 0 Å². The smallest absolute Gasteiger partial charge is 0.161 e. The largest absolute Gasteiger partial charge is 0.396 e. The lowest BCUT2D eigenvalue weighted by molar-refractivity contribution is 1.19. The molecule has 102 valence electrons. The van der Waals surface area contributed by atoms with Crippen molar-refractivity contribution in [1.82, 2.24) is 9.38 Å².